The minimum absolute atomic E-state index is 0.298. The molecule has 0 saturated heterocycles. The lowest BCUT2D eigenvalue weighted by Gasteiger charge is -2.09. The van der Waals surface area contributed by atoms with Crippen molar-refractivity contribution in [2.75, 3.05) is 6.26 Å². The van der Waals surface area contributed by atoms with Crippen LogP contribution in [0.3, 0.4) is 0 Å². The van der Waals surface area contributed by atoms with Crippen LogP contribution in [0.4, 0.5) is 0 Å². The van der Waals surface area contributed by atoms with Crippen LogP contribution in [0, 0.1) is 17.4 Å². The summed E-state index contributed by atoms with van der Waals surface area (Å²) in [6, 6.07) is 0.298. The highest BCUT2D eigenvalue weighted by Gasteiger charge is 2.03. The number of hydrogen-bond acceptors (Lipinski definition) is 3. The lowest BCUT2D eigenvalue weighted by atomic mass is 10.0. The fraction of sp³-hybridized carbons (Fsp3) is 0.818. The third kappa shape index (κ3) is 8.31. The molecular weight excluding hydrogens is 206 g/mol. The van der Waals surface area contributed by atoms with Crippen LogP contribution in [0.2, 0.25) is 0 Å². The van der Waals surface area contributed by atoms with Crippen molar-refractivity contribution >= 4 is 16.9 Å². The van der Waals surface area contributed by atoms with Crippen molar-refractivity contribution in [2.24, 2.45) is 10.9 Å². The predicted octanol–water partition coefficient (Wildman–Crippen LogP) is 2.99. The lowest BCUT2D eigenvalue weighted by molar-refractivity contribution is 0.512. The molecule has 0 radical (unpaired) electrons. The standard InChI is InChI=1S/C11H21N3S/c1-9(2)6-5-7-10(3)14-11(15-4)13-8-12/h9-10H,5-7H2,1-4H3,(H,13,14). The molecule has 1 N–H and O–H groups in total. The molecule has 86 valence electrons. The van der Waals surface area contributed by atoms with E-state index < -0.39 is 0 Å². The highest BCUT2D eigenvalue weighted by molar-refractivity contribution is 8.13. The van der Waals surface area contributed by atoms with Gasteiger partial charge in [0.2, 0.25) is 0 Å². The van der Waals surface area contributed by atoms with Gasteiger partial charge in [-0.1, -0.05) is 38.5 Å². The van der Waals surface area contributed by atoms with E-state index >= 15 is 0 Å². The van der Waals surface area contributed by atoms with Crippen molar-refractivity contribution in [3.8, 4) is 6.19 Å². The van der Waals surface area contributed by atoms with Gasteiger partial charge in [-0.25, -0.2) is 0 Å². The zero-order chi connectivity index (χ0) is 11.7. The van der Waals surface area contributed by atoms with Crippen LogP contribution in [0.25, 0.3) is 0 Å². The topological polar surface area (TPSA) is 48.2 Å². The molecule has 1 unspecified atom stereocenters. The number of nitrogens with zero attached hydrogens (tertiary/aromatic N) is 2. The van der Waals surface area contributed by atoms with Crippen LogP contribution in [-0.4, -0.2) is 17.5 Å². The monoisotopic (exact) mass is 227 g/mol. The minimum atomic E-state index is 0.298. The number of hydrogen-bond donors (Lipinski definition) is 1. The van der Waals surface area contributed by atoms with Crippen LogP contribution in [-0.2, 0) is 0 Å². The zero-order valence-corrected chi connectivity index (χ0v) is 10.9. The summed E-state index contributed by atoms with van der Waals surface area (Å²) in [6.45, 7) is 6.56. The fourth-order valence-corrected chi connectivity index (χ4v) is 1.70. The Morgan fingerprint density at radius 2 is 2.07 bits per heavy atom. The molecule has 0 bridgehead atoms. The van der Waals surface area contributed by atoms with Gasteiger partial charge in [0.1, 0.15) is 0 Å². The molecule has 15 heavy (non-hydrogen) atoms. The highest BCUT2D eigenvalue weighted by Crippen LogP contribution is 2.11. The maximum absolute atomic E-state index is 8.47. The summed E-state index contributed by atoms with van der Waals surface area (Å²) < 4.78 is 0. The Balaban J connectivity index is 3.88. The van der Waals surface area contributed by atoms with E-state index in [2.05, 4.69) is 31.1 Å². The van der Waals surface area contributed by atoms with Gasteiger partial charge in [-0.3, -0.25) is 10.3 Å². The average molecular weight is 227 g/mol. The van der Waals surface area contributed by atoms with Crippen molar-refractivity contribution in [1.82, 2.24) is 5.32 Å². The van der Waals surface area contributed by atoms with Crippen molar-refractivity contribution in [1.29, 1.82) is 5.26 Å². The molecule has 0 heterocycles. The third-order valence-electron chi connectivity index (χ3n) is 2.10. The predicted molar refractivity (Wildman–Crippen MR) is 67.8 cm³/mol. The van der Waals surface area contributed by atoms with Gasteiger partial charge in [-0.15, -0.1) is 0 Å². The normalized spacial score (nSPS) is 13.7. The molecule has 0 amide bonds. The molecule has 0 aromatic heterocycles. The van der Waals surface area contributed by atoms with Crippen LogP contribution < -0.4 is 5.32 Å². The van der Waals surface area contributed by atoms with Crippen LogP contribution in [0.1, 0.15) is 40.0 Å². The fourth-order valence-electron chi connectivity index (χ4n) is 1.27. The van der Waals surface area contributed by atoms with E-state index in [1.165, 1.54) is 24.6 Å². The minimum Gasteiger partial charge on any atom is -0.272 e. The van der Waals surface area contributed by atoms with Crippen molar-refractivity contribution in [3.63, 3.8) is 0 Å². The molecular formula is C11H21N3S. The van der Waals surface area contributed by atoms with Gasteiger partial charge in [0, 0.05) is 0 Å². The van der Waals surface area contributed by atoms with E-state index in [1.54, 1.807) is 0 Å². The molecule has 0 rings (SSSR count). The summed E-state index contributed by atoms with van der Waals surface area (Å²) in [5.74, 6) is 0.762. The Morgan fingerprint density at radius 3 is 2.53 bits per heavy atom. The van der Waals surface area contributed by atoms with Gasteiger partial charge < -0.3 is 0 Å². The van der Waals surface area contributed by atoms with E-state index in [-0.39, 0.29) is 0 Å². The largest absolute Gasteiger partial charge is 0.272 e. The summed E-state index contributed by atoms with van der Waals surface area (Å²) in [5, 5.41) is 11.8. The van der Waals surface area contributed by atoms with Gasteiger partial charge in [-0.2, -0.15) is 5.26 Å². The number of amidine groups is 1. The van der Waals surface area contributed by atoms with Gasteiger partial charge in [0.05, 0.1) is 6.04 Å². The van der Waals surface area contributed by atoms with Gasteiger partial charge >= 0.3 is 0 Å². The van der Waals surface area contributed by atoms with Crippen LogP contribution >= 0.6 is 11.8 Å². The van der Waals surface area contributed by atoms with Crippen molar-refractivity contribution in [2.45, 2.75) is 46.1 Å². The first-order valence-corrected chi connectivity index (χ1v) is 6.59. The Morgan fingerprint density at radius 1 is 1.40 bits per heavy atom. The van der Waals surface area contributed by atoms with Crippen molar-refractivity contribution in [3.05, 3.63) is 0 Å². The van der Waals surface area contributed by atoms with Crippen LogP contribution in [0.5, 0.6) is 0 Å². The second kappa shape index (κ2) is 8.60. The first-order valence-electron chi connectivity index (χ1n) is 5.37. The van der Waals surface area contributed by atoms with Crippen molar-refractivity contribution < 1.29 is 0 Å². The molecule has 0 aliphatic heterocycles. The second-order valence-corrected chi connectivity index (χ2v) is 4.84. The quantitative estimate of drug-likeness (QED) is 0.340. The van der Waals surface area contributed by atoms with Crippen LogP contribution in [0.15, 0.2) is 4.99 Å². The smallest absolute Gasteiger partial charge is 0.183 e. The lowest BCUT2D eigenvalue weighted by Crippen LogP contribution is -2.16. The summed E-state index contributed by atoms with van der Waals surface area (Å²) >= 11 is 1.48. The first-order chi connectivity index (χ1) is 7.10. The molecule has 1 atom stereocenters. The Hall–Kier alpha value is -0.690. The molecule has 0 fully saturated rings. The summed E-state index contributed by atoms with van der Waals surface area (Å²) in [4.78, 5) is 4.43. The van der Waals surface area contributed by atoms with E-state index in [1.807, 2.05) is 12.4 Å². The Bertz CT molecular complexity index is 230. The van der Waals surface area contributed by atoms with E-state index in [0.717, 1.165) is 17.5 Å². The summed E-state index contributed by atoms with van der Waals surface area (Å²) in [7, 11) is 0. The molecule has 0 aromatic carbocycles. The number of thioether (sulfide) groups is 1. The third-order valence-corrected chi connectivity index (χ3v) is 2.69. The highest BCUT2D eigenvalue weighted by atomic mass is 32.2. The maximum Gasteiger partial charge on any atom is 0.183 e. The van der Waals surface area contributed by atoms with Gasteiger partial charge in [0.25, 0.3) is 0 Å². The zero-order valence-electron chi connectivity index (χ0n) is 10.1. The molecule has 0 aromatic rings. The number of nitrogens with one attached hydrogen (secondary N) is 1. The molecule has 0 spiro atoms. The van der Waals surface area contributed by atoms with E-state index in [0.29, 0.717) is 6.04 Å². The summed E-state index contributed by atoms with van der Waals surface area (Å²) in [6.07, 6.45) is 7.37. The van der Waals surface area contributed by atoms with Gasteiger partial charge in [-0.05, 0) is 25.5 Å². The van der Waals surface area contributed by atoms with Gasteiger partial charge in [0.15, 0.2) is 11.4 Å². The Labute approximate surface area is 97.3 Å². The SMILES string of the molecule is CSC(=NC(C)CCCC(C)C)NC#N. The molecule has 0 aliphatic carbocycles. The molecule has 0 saturated carbocycles. The number of nitriles is 1. The Kier molecular flexibility index (Phi) is 8.21. The number of aliphatic imine (C=N–C) groups is 1. The first kappa shape index (κ1) is 14.3. The second-order valence-electron chi connectivity index (χ2n) is 4.05. The van der Waals surface area contributed by atoms with E-state index in [9.17, 15) is 0 Å². The summed E-state index contributed by atoms with van der Waals surface area (Å²) in [5.41, 5.74) is 0. The van der Waals surface area contributed by atoms with E-state index in [4.69, 9.17) is 5.26 Å². The molecule has 4 heteroatoms. The average Bonchev–Trinajstić information content (AvgIpc) is 2.16. The molecule has 0 aliphatic rings. The maximum atomic E-state index is 8.47. The number of rotatable bonds is 5. The molecule has 3 nitrogen and oxygen atoms in total.